The van der Waals surface area contributed by atoms with Crippen LogP contribution in [-0.2, 0) is 0 Å². The van der Waals surface area contributed by atoms with Crippen LogP contribution in [0.25, 0.3) is 0 Å². The van der Waals surface area contributed by atoms with Crippen LogP contribution in [0.2, 0.25) is 0 Å². The SMILES string of the molecule is CCC1CCC(NC2C[C@H](C)Sc3sccc32)C1C. The molecular weight excluding hydrogens is 270 g/mol. The van der Waals surface area contributed by atoms with Gasteiger partial charge in [0.05, 0.1) is 4.21 Å². The molecule has 1 aromatic rings. The number of thiophene rings is 1. The molecule has 0 aromatic carbocycles. The molecule has 2 aliphatic rings. The Kier molecular flexibility index (Phi) is 4.25. The summed E-state index contributed by atoms with van der Waals surface area (Å²) in [5.74, 6) is 1.78. The zero-order chi connectivity index (χ0) is 13.4. The first kappa shape index (κ1) is 14.0. The highest BCUT2D eigenvalue weighted by atomic mass is 32.2. The van der Waals surface area contributed by atoms with Crippen LogP contribution < -0.4 is 5.32 Å². The summed E-state index contributed by atoms with van der Waals surface area (Å²) >= 11 is 3.98. The fraction of sp³-hybridized carbons (Fsp3) is 0.750. The van der Waals surface area contributed by atoms with Crippen LogP contribution in [-0.4, -0.2) is 11.3 Å². The molecule has 3 rings (SSSR count). The number of thioether (sulfide) groups is 1. The van der Waals surface area contributed by atoms with Crippen LogP contribution in [0.15, 0.2) is 15.7 Å². The summed E-state index contributed by atoms with van der Waals surface area (Å²) in [5, 5.41) is 7.01. The Morgan fingerprint density at radius 3 is 2.89 bits per heavy atom. The lowest BCUT2D eigenvalue weighted by Gasteiger charge is -2.32. The second-order valence-corrected chi connectivity index (χ2v) is 8.88. The highest BCUT2D eigenvalue weighted by molar-refractivity contribution is 8.01. The van der Waals surface area contributed by atoms with Crippen molar-refractivity contribution in [1.82, 2.24) is 5.32 Å². The minimum absolute atomic E-state index is 0.598. The summed E-state index contributed by atoms with van der Waals surface area (Å²) in [5.41, 5.74) is 1.57. The maximum Gasteiger partial charge on any atom is 0.0649 e. The van der Waals surface area contributed by atoms with E-state index >= 15 is 0 Å². The van der Waals surface area contributed by atoms with E-state index < -0.39 is 0 Å². The monoisotopic (exact) mass is 295 g/mol. The van der Waals surface area contributed by atoms with Gasteiger partial charge in [0.25, 0.3) is 0 Å². The van der Waals surface area contributed by atoms with Gasteiger partial charge in [0.2, 0.25) is 0 Å². The average Bonchev–Trinajstić information content (AvgIpc) is 2.97. The molecule has 1 saturated carbocycles. The smallest absolute Gasteiger partial charge is 0.0649 e. The summed E-state index contributed by atoms with van der Waals surface area (Å²) in [7, 11) is 0. The Hall–Kier alpha value is 0.0100. The molecule has 106 valence electrons. The lowest BCUT2D eigenvalue weighted by molar-refractivity contribution is 0.313. The molecule has 4 unspecified atom stereocenters. The third-order valence-electron chi connectivity index (χ3n) is 5.08. The molecule has 0 amide bonds. The second kappa shape index (κ2) is 5.79. The lowest BCUT2D eigenvalue weighted by Crippen LogP contribution is -2.37. The molecule has 5 atom stereocenters. The molecule has 0 radical (unpaired) electrons. The van der Waals surface area contributed by atoms with Gasteiger partial charge in [0.15, 0.2) is 0 Å². The van der Waals surface area contributed by atoms with E-state index in [4.69, 9.17) is 0 Å². The van der Waals surface area contributed by atoms with Gasteiger partial charge < -0.3 is 5.32 Å². The minimum atomic E-state index is 0.598. The Bertz CT molecular complexity index is 428. The highest BCUT2D eigenvalue weighted by Gasteiger charge is 2.35. The quantitative estimate of drug-likeness (QED) is 0.834. The van der Waals surface area contributed by atoms with Crippen LogP contribution in [0.3, 0.4) is 0 Å². The predicted octanol–water partition coefficient (Wildman–Crippen LogP) is 5.09. The maximum atomic E-state index is 4.00. The Balaban J connectivity index is 1.71. The van der Waals surface area contributed by atoms with Crippen LogP contribution >= 0.6 is 23.1 Å². The molecule has 2 heterocycles. The van der Waals surface area contributed by atoms with Crippen molar-refractivity contribution in [2.24, 2.45) is 11.8 Å². The molecular formula is C16H25NS2. The molecule has 1 aliphatic carbocycles. The fourth-order valence-corrected chi connectivity index (χ4v) is 6.39. The first-order valence-electron chi connectivity index (χ1n) is 7.69. The topological polar surface area (TPSA) is 12.0 Å². The van der Waals surface area contributed by atoms with Crippen LogP contribution in [0.4, 0.5) is 0 Å². The maximum absolute atomic E-state index is 4.00. The number of rotatable bonds is 3. The van der Waals surface area contributed by atoms with E-state index in [1.54, 1.807) is 9.77 Å². The van der Waals surface area contributed by atoms with Gasteiger partial charge in [-0.2, -0.15) is 0 Å². The van der Waals surface area contributed by atoms with Crippen LogP contribution in [0, 0.1) is 11.8 Å². The van der Waals surface area contributed by atoms with Crippen molar-refractivity contribution in [3.8, 4) is 0 Å². The molecule has 1 N–H and O–H groups in total. The molecule has 3 heteroatoms. The third-order valence-corrected chi connectivity index (χ3v) is 7.42. The minimum Gasteiger partial charge on any atom is -0.307 e. The van der Waals surface area contributed by atoms with Gasteiger partial charge in [-0.15, -0.1) is 23.1 Å². The van der Waals surface area contributed by atoms with Crippen molar-refractivity contribution >= 4 is 23.1 Å². The van der Waals surface area contributed by atoms with Crippen molar-refractivity contribution in [3.05, 3.63) is 17.0 Å². The summed E-state index contributed by atoms with van der Waals surface area (Å²) < 4.78 is 1.55. The Labute approximate surface area is 125 Å². The van der Waals surface area contributed by atoms with Crippen molar-refractivity contribution in [2.75, 3.05) is 0 Å². The Morgan fingerprint density at radius 2 is 2.16 bits per heavy atom. The largest absolute Gasteiger partial charge is 0.307 e. The lowest BCUT2D eigenvalue weighted by atomic mass is 9.92. The van der Waals surface area contributed by atoms with Crippen molar-refractivity contribution in [2.45, 2.75) is 68.0 Å². The number of nitrogens with one attached hydrogen (secondary N) is 1. The predicted molar refractivity (Wildman–Crippen MR) is 86.1 cm³/mol. The van der Waals surface area contributed by atoms with Gasteiger partial charge in [-0.1, -0.05) is 27.2 Å². The highest BCUT2D eigenvalue weighted by Crippen LogP contribution is 2.45. The van der Waals surface area contributed by atoms with Crippen LogP contribution in [0.1, 0.15) is 58.1 Å². The van der Waals surface area contributed by atoms with Crippen molar-refractivity contribution in [1.29, 1.82) is 0 Å². The number of fused-ring (bicyclic) bond motifs is 1. The van der Waals surface area contributed by atoms with Crippen molar-refractivity contribution in [3.63, 3.8) is 0 Å². The average molecular weight is 296 g/mol. The zero-order valence-electron chi connectivity index (χ0n) is 12.2. The van der Waals surface area contributed by atoms with Gasteiger partial charge in [-0.25, -0.2) is 0 Å². The summed E-state index contributed by atoms with van der Waals surface area (Å²) in [6.07, 6.45) is 5.42. The van der Waals surface area contributed by atoms with E-state index in [-0.39, 0.29) is 0 Å². The first-order chi connectivity index (χ1) is 9.19. The number of hydrogen-bond acceptors (Lipinski definition) is 3. The molecule has 1 fully saturated rings. The summed E-state index contributed by atoms with van der Waals surface area (Å²) in [6, 6.07) is 3.67. The molecule has 1 aromatic heterocycles. The van der Waals surface area contributed by atoms with E-state index in [9.17, 15) is 0 Å². The van der Waals surface area contributed by atoms with Gasteiger partial charge in [-0.3, -0.25) is 0 Å². The number of hydrogen-bond donors (Lipinski definition) is 1. The molecule has 19 heavy (non-hydrogen) atoms. The Morgan fingerprint density at radius 1 is 1.32 bits per heavy atom. The summed E-state index contributed by atoms with van der Waals surface area (Å²) in [4.78, 5) is 0. The van der Waals surface area contributed by atoms with E-state index in [1.807, 2.05) is 11.3 Å². The van der Waals surface area contributed by atoms with Gasteiger partial charge in [0, 0.05) is 17.3 Å². The third kappa shape index (κ3) is 2.74. The normalized spacial score (nSPS) is 38.4. The van der Waals surface area contributed by atoms with E-state index in [0.29, 0.717) is 6.04 Å². The standard InChI is InChI=1S/C16H25NS2/c1-4-12-5-6-14(11(12)3)17-15-9-10(2)19-16-13(15)7-8-18-16/h7-8,10-12,14-15,17H,4-6,9H2,1-3H3/t10-,11?,12?,14?,15?/m0/s1. The van der Waals surface area contributed by atoms with Crippen LogP contribution in [0.5, 0.6) is 0 Å². The molecule has 0 spiro atoms. The molecule has 1 aliphatic heterocycles. The van der Waals surface area contributed by atoms with Crippen molar-refractivity contribution < 1.29 is 0 Å². The molecule has 1 nitrogen and oxygen atoms in total. The van der Waals surface area contributed by atoms with Gasteiger partial charge in [0.1, 0.15) is 0 Å². The van der Waals surface area contributed by atoms with Gasteiger partial charge in [-0.05, 0) is 48.1 Å². The fourth-order valence-electron chi connectivity index (χ4n) is 3.82. The van der Waals surface area contributed by atoms with E-state index in [0.717, 1.165) is 23.1 Å². The molecule has 0 saturated heterocycles. The second-order valence-electron chi connectivity index (χ2n) is 6.26. The summed E-state index contributed by atoms with van der Waals surface area (Å²) in [6.45, 7) is 7.17. The van der Waals surface area contributed by atoms with Gasteiger partial charge >= 0.3 is 0 Å². The van der Waals surface area contributed by atoms with E-state index in [2.05, 4.69) is 49.3 Å². The zero-order valence-corrected chi connectivity index (χ0v) is 13.8. The first-order valence-corrected chi connectivity index (χ1v) is 9.45. The molecule has 0 bridgehead atoms. The van der Waals surface area contributed by atoms with E-state index in [1.165, 1.54) is 25.7 Å².